The Kier molecular flexibility index (Phi) is 5.79. The molecule has 1 unspecified atom stereocenters. The van der Waals surface area contributed by atoms with Crippen molar-refractivity contribution >= 4 is 11.6 Å². The van der Waals surface area contributed by atoms with E-state index in [0.29, 0.717) is 30.3 Å². The number of methoxy groups -OCH3 is 1. The number of hydrogen-bond donors (Lipinski definition) is 1. The van der Waals surface area contributed by atoms with Crippen molar-refractivity contribution in [2.45, 2.75) is 32.4 Å². The minimum atomic E-state index is -0.627. The number of ether oxygens (including phenoxy) is 1. The zero-order valence-corrected chi connectivity index (χ0v) is 13.2. The maximum absolute atomic E-state index is 10.4. The largest absolute Gasteiger partial charge is 0.387 e. The van der Waals surface area contributed by atoms with Gasteiger partial charge in [-0.3, -0.25) is 4.68 Å². The summed E-state index contributed by atoms with van der Waals surface area (Å²) in [7, 11) is 1.64. The second-order valence-electron chi connectivity index (χ2n) is 5.14. The van der Waals surface area contributed by atoms with Crippen LogP contribution in [0.25, 0.3) is 0 Å². The lowest BCUT2D eigenvalue weighted by molar-refractivity contribution is 0.146. The molecule has 0 bridgehead atoms. The number of benzene rings is 1. The molecule has 4 nitrogen and oxygen atoms in total. The summed E-state index contributed by atoms with van der Waals surface area (Å²) in [6.07, 6.45) is 2.36. The van der Waals surface area contributed by atoms with Crippen molar-refractivity contribution in [1.29, 1.82) is 0 Å². The van der Waals surface area contributed by atoms with Gasteiger partial charge in [-0.1, -0.05) is 41.4 Å². The van der Waals surface area contributed by atoms with Crippen LogP contribution in [0.2, 0.25) is 5.02 Å². The van der Waals surface area contributed by atoms with Crippen molar-refractivity contribution < 1.29 is 9.84 Å². The molecular weight excluding hydrogens is 288 g/mol. The molecule has 5 heteroatoms. The topological polar surface area (TPSA) is 47.3 Å². The molecule has 0 fully saturated rings. The molecule has 2 aromatic rings. The number of halogens is 1. The third-order valence-corrected chi connectivity index (χ3v) is 3.74. The fraction of sp³-hybridized carbons (Fsp3) is 0.438. The fourth-order valence-corrected chi connectivity index (χ4v) is 2.63. The smallest absolute Gasteiger partial charge is 0.0975 e. The van der Waals surface area contributed by atoms with Crippen LogP contribution in [0.5, 0.6) is 0 Å². The summed E-state index contributed by atoms with van der Waals surface area (Å²) >= 11 is 6.14. The zero-order valence-electron chi connectivity index (χ0n) is 12.4. The molecule has 0 radical (unpaired) electrons. The average Bonchev–Trinajstić information content (AvgIpc) is 2.83. The van der Waals surface area contributed by atoms with Gasteiger partial charge in [0.15, 0.2) is 0 Å². The van der Waals surface area contributed by atoms with E-state index in [2.05, 4.69) is 30.2 Å². The number of nitrogens with zero attached hydrogens (tertiary/aromatic N) is 2. The number of rotatable bonds is 7. The predicted molar refractivity (Wildman–Crippen MR) is 83.6 cm³/mol. The van der Waals surface area contributed by atoms with Gasteiger partial charge in [0.25, 0.3) is 0 Å². The second kappa shape index (κ2) is 7.59. The molecule has 0 aliphatic rings. The summed E-state index contributed by atoms with van der Waals surface area (Å²) in [5.41, 5.74) is 3.11. The number of aromatic nitrogens is 2. The highest BCUT2D eigenvalue weighted by molar-refractivity contribution is 6.31. The maximum atomic E-state index is 10.4. The molecule has 1 aromatic heterocycles. The van der Waals surface area contributed by atoms with Crippen LogP contribution in [0.4, 0.5) is 0 Å². The van der Waals surface area contributed by atoms with Crippen LogP contribution in [0, 0.1) is 6.92 Å². The van der Waals surface area contributed by atoms with Crippen LogP contribution >= 0.6 is 11.6 Å². The van der Waals surface area contributed by atoms with Gasteiger partial charge >= 0.3 is 0 Å². The lowest BCUT2D eigenvalue weighted by Crippen LogP contribution is -2.13. The van der Waals surface area contributed by atoms with E-state index in [0.717, 1.165) is 6.42 Å². The number of hydrogen-bond acceptors (Lipinski definition) is 3. The van der Waals surface area contributed by atoms with E-state index in [1.54, 1.807) is 18.0 Å². The Bertz CT molecular complexity index is 583. The van der Waals surface area contributed by atoms with Crippen LogP contribution in [0.3, 0.4) is 0 Å². The Morgan fingerprint density at radius 2 is 2.24 bits per heavy atom. The standard InChI is InChI=1S/C16H21ClN2O2/c1-12-4-3-5-13(10-12)6-7-15(20)16-14(17)11-18-19(16)8-9-21-2/h3-5,10-11,15,20H,6-9H2,1-2H3. The number of aliphatic hydroxyl groups excluding tert-OH is 1. The summed E-state index contributed by atoms with van der Waals surface area (Å²) in [5, 5.41) is 15.1. The molecule has 2 rings (SSSR count). The van der Waals surface area contributed by atoms with Crippen molar-refractivity contribution in [3.05, 3.63) is 52.3 Å². The van der Waals surface area contributed by atoms with Gasteiger partial charge in [0.2, 0.25) is 0 Å². The van der Waals surface area contributed by atoms with E-state index in [4.69, 9.17) is 16.3 Å². The summed E-state index contributed by atoms with van der Waals surface area (Å²) in [4.78, 5) is 0. The fourth-order valence-electron chi connectivity index (χ4n) is 2.37. The molecule has 0 amide bonds. The lowest BCUT2D eigenvalue weighted by atomic mass is 10.0. The second-order valence-corrected chi connectivity index (χ2v) is 5.54. The van der Waals surface area contributed by atoms with Crippen LogP contribution in [0.1, 0.15) is 29.3 Å². The zero-order chi connectivity index (χ0) is 15.2. The van der Waals surface area contributed by atoms with Gasteiger partial charge in [-0.05, 0) is 25.3 Å². The third-order valence-electron chi connectivity index (χ3n) is 3.45. The van der Waals surface area contributed by atoms with Gasteiger partial charge in [-0.15, -0.1) is 0 Å². The van der Waals surface area contributed by atoms with Crippen molar-refractivity contribution in [2.75, 3.05) is 13.7 Å². The van der Waals surface area contributed by atoms with E-state index in [9.17, 15) is 5.11 Å². The Hall–Kier alpha value is -1.36. The van der Waals surface area contributed by atoms with Crippen molar-refractivity contribution in [2.24, 2.45) is 0 Å². The van der Waals surface area contributed by atoms with E-state index in [1.807, 2.05) is 6.07 Å². The number of aryl methyl sites for hydroxylation is 2. The Balaban J connectivity index is 2.02. The maximum Gasteiger partial charge on any atom is 0.0975 e. The average molecular weight is 309 g/mol. The molecule has 0 saturated carbocycles. The van der Waals surface area contributed by atoms with Gasteiger partial charge in [-0.25, -0.2) is 0 Å². The first kappa shape index (κ1) is 16.0. The molecule has 1 N–H and O–H groups in total. The molecule has 0 aliphatic heterocycles. The van der Waals surface area contributed by atoms with Crippen LogP contribution in [-0.4, -0.2) is 28.6 Å². The van der Waals surface area contributed by atoms with Gasteiger partial charge in [0, 0.05) is 7.11 Å². The minimum absolute atomic E-state index is 0.503. The first-order chi connectivity index (χ1) is 10.1. The molecule has 114 valence electrons. The minimum Gasteiger partial charge on any atom is -0.387 e. The highest BCUT2D eigenvalue weighted by atomic mass is 35.5. The highest BCUT2D eigenvalue weighted by Crippen LogP contribution is 2.26. The van der Waals surface area contributed by atoms with Gasteiger partial charge in [0.1, 0.15) is 0 Å². The predicted octanol–water partition coefficient (Wildman–Crippen LogP) is 3.16. The summed E-state index contributed by atoms with van der Waals surface area (Å²) < 4.78 is 6.76. The molecule has 21 heavy (non-hydrogen) atoms. The third kappa shape index (κ3) is 4.30. The van der Waals surface area contributed by atoms with Crippen LogP contribution in [0.15, 0.2) is 30.5 Å². The van der Waals surface area contributed by atoms with E-state index in [1.165, 1.54) is 11.1 Å². The van der Waals surface area contributed by atoms with Gasteiger partial charge < -0.3 is 9.84 Å². The SMILES string of the molecule is COCCn1ncc(Cl)c1C(O)CCc1cccc(C)c1. The molecule has 0 saturated heterocycles. The monoisotopic (exact) mass is 308 g/mol. The van der Waals surface area contributed by atoms with E-state index < -0.39 is 6.10 Å². The normalized spacial score (nSPS) is 12.6. The van der Waals surface area contributed by atoms with Gasteiger partial charge in [0.05, 0.1) is 36.2 Å². The van der Waals surface area contributed by atoms with E-state index in [-0.39, 0.29) is 0 Å². The summed E-state index contributed by atoms with van der Waals surface area (Å²) in [6, 6.07) is 8.31. The Morgan fingerprint density at radius 1 is 1.43 bits per heavy atom. The Labute approximate surface area is 130 Å². The molecule has 1 aromatic carbocycles. The van der Waals surface area contributed by atoms with Crippen molar-refractivity contribution in [1.82, 2.24) is 9.78 Å². The first-order valence-electron chi connectivity index (χ1n) is 7.05. The lowest BCUT2D eigenvalue weighted by Gasteiger charge is -2.14. The van der Waals surface area contributed by atoms with Crippen LogP contribution < -0.4 is 0 Å². The molecule has 1 atom stereocenters. The quantitative estimate of drug-likeness (QED) is 0.854. The summed E-state index contributed by atoms with van der Waals surface area (Å²) in [6.45, 7) is 3.19. The van der Waals surface area contributed by atoms with Gasteiger partial charge in [-0.2, -0.15) is 5.10 Å². The van der Waals surface area contributed by atoms with E-state index >= 15 is 0 Å². The van der Waals surface area contributed by atoms with Crippen LogP contribution in [-0.2, 0) is 17.7 Å². The van der Waals surface area contributed by atoms with Crippen molar-refractivity contribution in [3.63, 3.8) is 0 Å². The molecular formula is C16H21ClN2O2. The highest BCUT2D eigenvalue weighted by Gasteiger charge is 2.18. The van der Waals surface area contributed by atoms with Crippen molar-refractivity contribution in [3.8, 4) is 0 Å². The molecule has 0 aliphatic carbocycles. The number of aliphatic hydroxyl groups is 1. The first-order valence-corrected chi connectivity index (χ1v) is 7.43. The molecule has 1 heterocycles. The Morgan fingerprint density at radius 3 is 2.95 bits per heavy atom. The summed E-state index contributed by atoms with van der Waals surface area (Å²) in [5.74, 6) is 0. The molecule has 0 spiro atoms.